The number of hydrogen-bond donors (Lipinski definition) is 1. The highest BCUT2D eigenvalue weighted by Gasteiger charge is 2.54. The van der Waals surface area contributed by atoms with E-state index in [1.54, 1.807) is 32.5 Å². The summed E-state index contributed by atoms with van der Waals surface area (Å²) in [6.45, 7) is 1.68. The van der Waals surface area contributed by atoms with Crippen molar-refractivity contribution in [2.75, 3.05) is 32.6 Å². The Morgan fingerprint density at radius 1 is 1.37 bits per heavy atom. The Kier molecular flexibility index (Phi) is 4.65. The van der Waals surface area contributed by atoms with Crippen LogP contribution in [0, 0.1) is 5.92 Å². The Bertz CT molecular complexity index is 831. The molecule has 0 bridgehead atoms. The number of pyridine rings is 1. The Hall–Kier alpha value is -2.74. The molecular weight excluding hydrogens is 346 g/mol. The van der Waals surface area contributed by atoms with Crippen molar-refractivity contribution in [3.05, 3.63) is 42.0 Å². The summed E-state index contributed by atoms with van der Waals surface area (Å²) < 4.78 is 10.4. The van der Waals surface area contributed by atoms with Crippen LogP contribution < -0.4 is 10.1 Å². The number of anilines is 1. The molecule has 8 heteroatoms. The molecule has 27 heavy (non-hydrogen) atoms. The van der Waals surface area contributed by atoms with Gasteiger partial charge in [0, 0.05) is 38.4 Å². The molecule has 142 valence electrons. The summed E-state index contributed by atoms with van der Waals surface area (Å²) in [5.41, 5.74) is 0.328. The minimum atomic E-state index is -0.159. The van der Waals surface area contributed by atoms with Gasteiger partial charge in [-0.1, -0.05) is 6.07 Å². The summed E-state index contributed by atoms with van der Waals surface area (Å²) in [5.74, 6) is 2.13. The lowest BCUT2D eigenvalue weighted by atomic mass is 9.69. The first-order chi connectivity index (χ1) is 13.1. The minimum absolute atomic E-state index is 0.0217. The molecule has 2 aromatic rings. The molecule has 0 aromatic carbocycles. The van der Waals surface area contributed by atoms with Crippen molar-refractivity contribution >= 4 is 11.7 Å². The average Bonchev–Trinajstić information content (AvgIpc) is 2.93. The maximum atomic E-state index is 12.8. The quantitative estimate of drug-likeness (QED) is 0.829. The van der Waals surface area contributed by atoms with Crippen LogP contribution in [0.5, 0.6) is 5.88 Å². The number of ether oxygens (including phenoxy) is 2. The second kappa shape index (κ2) is 7.11. The van der Waals surface area contributed by atoms with Gasteiger partial charge in [-0.25, -0.2) is 4.98 Å². The van der Waals surface area contributed by atoms with Gasteiger partial charge in [0.1, 0.15) is 18.1 Å². The number of aromatic nitrogens is 3. The molecule has 3 heterocycles. The predicted octanol–water partition coefficient (Wildman–Crippen LogP) is 1.74. The van der Waals surface area contributed by atoms with Gasteiger partial charge in [-0.15, -0.1) is 0 Å². The standard InChI is InChI=1S/C19H23N5O3/c1-26-11-16-21-15(9-17(22-16)27-2)23-19-7-6-13(19)10-24(12-19)18(25)14-5-3-4-8-20-14/h3-5,8-9,13H,6-7,10-12H2,1-2H3,(H,21,22,23). The summed E-state index contributed by atoms with van der Waals surface area (Å²) >= 11 is 0. The number of carbonyl (C=O) groups is 1. The van der Waals surface area contributed by atoms with Crippen LogP contribution in [-0.4, -0.2) is 58.6 Å². The molecule has 4 rings (SSSR count). The Morgan fingerprint density at radius 3 is 2.93 bits per heavy atom. The van der Waals surface area contributed by atoms with Gasteiger partial charge in [0.25, 0.3) is 5.91 Å². The highest BCUT2D eigenvalue weighted by atomic mass is 16.5. The summed E-state index contributed by atoms with van der Waals surface area (Å²) in [6, 6.07) is 7.19. The fourth-order valence-corrected chi connectivity index (χ4v) is 3.94. The van der Waals surface area contributed by atoms with E-state index < -0.39 is 0 Å². The highest BCUT2D eigenvalue weighted by molar-refractivity contribution is 5.92. The molecule has 2 atom stereocenters. The SMILES string of the molecule is COCc1nc(NC23CCC2CN(C(=O)c2ccccn2)C3)cc(OC)n1. The molecular formula is C19H23N5O3. The van der Waals surface area contributed by atoms with E-state index in [0.29, 0.717) is 42.3 Å². The number of carbonyl (C=O) groups excluding carboxylic acids is 1. The molecule has 2 aliphatic rings. The van der Waals surface area contributed by atoms with E-state index in [2.05, 4.69) is 20.3 Å². The number of methoxy groups -OCH3 is 2. The molecule has 0 radical (unpaired) electrons. The van der Waals surface area contributed by atoms with Crippen LogP contribution in [0.3, 0.4) is 0 Å². The fourth-order valence-electron chi connectivity index (χ4n) is 3.94. The summed E-state index contributed by atoms with van der Waals surface area (Å²) in [5, 5.41) is 3.56. The summed E-state index contributed by atoms with van der Waals surface area (Å²) in [7, 11) is 3.19. The normalized spacial score (nSPS) is 23.5. The van der Waals surface area contributed by atoms with Gasteiger partial charge in [-0.3, -0.25) is 9.78 Å². The van der Waals surface area contributed by atoms with Crippen LogP contribution in [0.25, 0.3) is 0 Å². The zero-order valence-electron chi connectivity index (χ0n) is 15.5. The highest BCUT2D eigenvalue weighted by Crippen LogP contribution is 2.46. The van der Waals surface area contributed by atoms with Crippen LogP contribution >= 0.6 is 0 Å². The molecule has 2 fully saturated rings. The third kappa shape index (κ3) is 3.32. The van der Waals surface area contributed by atoms with Gasteiger partial charge < -0.3 is 19.7 Å². The maximum absolute atomic E-state index is 12.8. The van der Waals surface area contributed by atoms with E-state index in [4.69, 9.17) is 9.47 Å². The number of amides is 1. The van der Waals surface area contributed by atoms with Crippen LogP contribution in [0.15, 0.2) is 30.5 Å². The fraction of sp³-hybridized carbons (Fsp3) is 0.474. The van der Waals surface area contributed by atoms with Crippen molar-refractivity contribution in [3.8, 4) is 5.88 Å². The zero-order chi connectivity index (χ0) is 18.9. The largest absolute Gasteiger partial charge is 0.481 e. The molecule has 8 nitrogen and oxygen atoms in total. The van der Waals surface area contributed by atoms with Crippen LogP contribution in [0.1, 0.15) is 29.2 Å². The third-order valence-corrected chi connectivity index (χ3v) is 5.41. The number of likely N-dealkylation sites (tertiary alicyclic amines) is 1. The second-order valence-corrected chi connectivity index (χ2v) is 7.06. The van der Waals surface area contributed by atoms with Gasteiger partial charge in [0.15, 0.2) is 5.82 Å². The van der Waals surface area contributed by atoms with Gasteiger partial charge in [0.05, 0.1) is 12.6 Å². The Morgan fingerprint density at radius 2 is 2.26 bits per heavy atom. The monoisotopic (exact) mass is 369 g/mol. The second-order valence-electron chi connectivity index (χ2n) is 7.06. The molecule has 1 amide bonds. The van der Waals surface area contributed by atoms with Crippen molar-refractivity contribution in [2.45, 2.75) is 25.0 Å². The van der Waals surface area contributed by atoms with E-state index in [9.17, 15) is 4.79 Å². The van der Waals surface area contributed by atoms with Gasteiger partial charge >= 0.3 is 0 Å². The molecule has 1 saturated carbocycles. The van der Waals surface area contributed by atoms with Crippen molar-refractivity contribution in [1.29, 1.82) is 0 Å². The van der Waals surface area contributed by atoms with Crippen LogP contribution in [0.2, 0.25) is 0 Å². The Balaban J connectivity index is 1.53. The van der Waals surface area contributed by atoms with E-state index >= 15 is 0 Å². The first kappa shape index (κ1) is 17.7. The lowest BCUT2D eigenvalue weighted by Gasteiger charge is -2.44. The van der Waals surface area contributed by atoms with Gasteiger partial charge in [0.2, 0.25) is 5.88 Å². The van der Waals surface area contributed by atoms with E-state index in [0.717, 1.165) is 19.4 Å². The number of fused-ring (bicyclic) bond motifs is 1. The molecule has 1 aliphatic carbocycles. The third-order valence-electron chi connectivity index (χ3n) is 5.41. The number of nitrogens with one attached hydrogen (secondary N) is 1. The molecule has 1 saturated heterocycles. The van der Waals surface area contributed by atoms with Crippen LogP contribution in [0.4, 0.5) is 5.82 Å². The van der Waals surface area contributed by atoms with E-state index in [1.165, 1.54) is 0 Å². The predicted molar refractivity (Wildman–Crippen MR) is 98.5 cm³/mol. The topological polar surface area (TPSA) is 89.5 Å². The van der Waals surface area contributed by atoms with Crippen molar-refractivity contribution in [3.63, 3.8) is 0 Å². The lowest BCUT2D eigenvalue weighted by Crippen LogP contribution is -2.53. The molecule has 1 aliphatic heterocycles. The summed E-state index contributed by atoms with van der Waals surface area (Å²) in [4.78, 5) is 27.7. The van der Waals surface area contributed by atoms with Crippen molar-refractivity contribution < 1.29 is 14.3 Å². The first-order valence-corrected chi connectivity index (χ1v) is 9.03. The lowest BCUT2D eigenvalue weighted by molar-refractivity contribution is 0.0780. The van der Waals surface area contributed by atoms with Crippen molar-refractivity contribution in [1.82, 2.24) is 19.9 Å². The Labute approximate surface area is 157 Å². The number of rotatable bonds is 6. The molecule has 0 spiro atoms. The first-order valence-electron chi connectivity index (χ1n) is 9.03. The van der Waals surface area contributed by atoms with Crippen molar-refractivity contribution in [2.24, 2.45) is 5.92 Å². The number of nitrogens with zero attached hydrogens (tertiary/aromatic N) is 4. The molecule has 2 aromatic heterocycles. The maximum Gasteiger partial charge on any atom is 0.272 e. The number of hydrogen-bond acceptors (Lipinski definition) is 7. The smallest absolute Gasteiger partial charge is 0.272 e. The molecule has 2 unspecified atom stereocenters. The van der Waals surface area contributed by atoms with Gasteiger partial charge in [-0.05, 0) is 25.0 Å². The van der Waals surface area contributed by atoms with E-state index in [-0.39, 0.29) is 11.4 Å². The zero-order valence-corrected chi connectivity index (χ0v) is 15.5. The summed E-state index contributed by atoms with van der Waals surface area (Å²) in [6.07, 6.45) is 3.73. The van der Waals surface area contributed by atoms with E-state index in [1.807, 2.05) is 17.0 Å². The minimum Gasteiger partial charge on any atom is -0.481 e. The van der Waals surface area contributed by atoms with Gasteiger partial charge in [-0.2, -0.15) is 4.98 Å². The van der Waals surface area contributed by atoms with Crippen LogP contribution in [-0.2, 0) is 11.3 Å². The molecule has 1 N–H and O–H groups in total. The average molecular weight is 369 g/mol.